The first-order chi connectivity index (χ1) is 15.3. The van der Waals surface area contributed by atoms with Crippen LogP contribution in [0.2, 0.25) is 0 Å². The summed E-state index contributed by atoms with van der Waals surface area (Å²) in [6, 6.07) is 19.1. The van der Waals surface area contributed by atoms with E-state index in [0.29, 0.717) is 17.2 Å². The van der Waals surface area contributed by atoms with E-state index in [9.17, 15) is 13.2 Å². The number of ether oxygens (including phenoxy) is 2. The lowest BCUT2D eigenvalue weighted by Gasteiger charge is -2.26. The lowest BCUT2D eigenvalue weighted by Crippen LogP contribution is -2.41. The molecule has 0 aromatic heterocycles. The number of nitrogens with zero attached hydrogens (tertiary/aromatic N) is 1. The van der Waals surface area contributed by atoms with Gasteiger partial charge in [-0.2, -0.15) is 0 Å². The first-order valence-electron chi connectivity index (χ1n) is 10.1. The molecule has 0 fully saturated rings. The van der Waals surface area contributed by atoms with Crippen LogP contribution in [0.15, 0.2) is 71.6 Å². The number of anilines is 1. The lowest BCUT2D eigenvalue weighted by atomic mass is 10.1. The number of amides is 1. The predicted octanol–water partition coefficient (Wildman–Crippen LogP) is 3.54. The molecule has 8 heteroatoms. The van der Waals surface area contributed by atoms with Crippen LogP contribution in [0.25, 0.3) is 0 Å². The van der Waals surface area contributed by atoms with Gasteiger partial charge in [0.2, 0.25) is 12.7 Å². The lowest BCUT2D eigenvalue weighted by molar-refractivity contribution is -0.119. The second kappa shape index (κ2) is 8.92. The highest BCUT2D eigenvalue weighted by Gasteiger charge is 2.28. The van der Waals surface area contributed by atoms with Gasteiger partial charge < -0.3 is 14.8 Å². The highest BCUT2D eigenvalue weighted by molar-refractivity contribution is 7.92. The molecule has 4 rings (SSSR count). The summed E-state index contributed by atoms with van der Waals surface area (Å²) in [6.45, 7) is 3.78. The zero-order valence-electron chi connectivity index (χ0n) is 17.9. The molecule has 0 saturated heterocycles. The monoisotopic (exact) mass is 452 g/mol. The van der Waals surface area contributed by atoms with E-state index >= 15 is 0 Å². The van der Waals surface area contributed by atoms with Crippen LogP contribution < -0.4 is 19.1 Å². The molecule has 0 spiro atoms. The molecule has 3 aromatic carbocycles. The number of rotatable bonds is 7. The van der Waals surface area contributed by atoms with Crippen LogP contribution in [0, 0.1) is 13.8 Å². The number of nitrogens with one attached hydrogen (secondary N) is 1. The average molecular weight is 453 g/mol. The maximum atomic E-state index is 13.4. The Hall–Kier alpha value is -3.52. The fraction of sp³-hybridized carbons (Fsp3) is 0.208. The highest BCUT2D eigenvalue weighted by Crippen LogP contribution is 2.32. The van der Waals surface area contributed by atoms with Crippen molar-refractivity contribution in [3.63, 3.8) is 0 Å². The van der Waals surface area contributed by atoms with E-state index in [1.807, 2.05) is 32.0 Å². The van der Waals surface area contributed by atoms with Crippen molar-refractivity contribution in [1.29, 1.82) is 0 Å². The molecule has 0 saturated carbocycles. The summed E-state index contributed by atoms with van der Waals surface area (Å²) in [4.78, 5) is 13.0. The Kier molecular flexibility index (Phi) is 6.05. The van der Waals surface area contributed by atoms with Gasteiger partial charge in [-0.05, 0) is 60.9 Å². The first kappa shape index (κ1) is 21.7. The highest BCUT2D eigenvalue weighted by atomic mass is 32.2. The molecule has 1 heterocycles. The molecule has 3 aromatic rings. The van der Waals surface area contributed by atoms with E-state index in [0.717, 1.165) is 16.7 Å². The van der Waals surface area contributed by atoms with Crippen LogP contribution in [-0.4, -0.2) is 27.7 Å². The van der Waals surface area contributed by atoms with Crippen LogP contribution in [0.5, 0.6) is 11.5 Å². The molecule has 1 amide bonds. The van der Waals surface area contributed by atoms with Gasteiger partial charge in [0.1, 0.15) is 6.54 Å². The number of fused-ring (bicyclic) bond motifs is 1. The molecular weight excluding hydrogens is 428 g/mol. The fourth-order valence-electron chi connectivity index (χ4n) is 3.45. The number of carbonyl (C=O) groups is 1. The Morgan fingerprint density at radius 2 is 1.72 bits per heavy atom. The Bertz CT molecular complexity index is 1240. The van der Waals surface area contributed by atoms with Crippen LogP contribution in [-0.2, 0) is 21.4 Å². The zero-order chi connectivity index (χ0) is 22.7. The van der Waals surface area contributed by atoms with Crippen LogP contribution in [0.3, 0.4) is 0 Å². The summed E-state index contributed by atoms with van der Waals surface area (Å²) in [7, 11) is -3.94. The molecule has 0 atom stereocenters. The van der Waals surface area contributed by atoms with Crippen molar-refractivity contribution < 1.29 is 22.7 Å². The van der Waals surface area contributed by atoms with Crippen molar-refractivity contribution in [2.75, 3.05) is 17.6 Å². The summed E-state index contributed by atoms with van der Waals surface area (Å²) >= 11 is 0. The molecular formula is C24H24N2O5S. The number of benzene rings is 3. The summed E-state index contributed by atoms with van der Waals surface area (Å²) in [5, 5.41) is 2.81. The third kappa shape index (κ3) is 4.55. The summed E-state index contributed by atoms with van der Waals surface area (Å²) in [5.41, 5.74) is 2.97. The zero-order valence-corrected chi connectivity index (χ0v) is 18.7. The molecule has 0 radical (unpaired) electrons. The van der Waals surface area contributed by atoms with Crippen molar-refractivity contribution in [3.8, 4) is 11.5 Å². The van der Waals surface area contributed by atoms with E-state index in [1.165, 1.54) is 16.4 Å². The van der Waals surface area contributed by atoms with E-state index in [4.69, 9.17) is 9.47 Å². The number of hydrogen-bond acceptors (Lipinski definition) is 5. The van der Waals surface area contributed by atoms with E-state index in [2.05, 4.69) is 5.32 Å². The Morgan fingerprint density at radius 1 is 0.969 bits per heavy atom. The quantitative estimate of drug-likeness (QED) is 0.593. The Labute approximate surface area is 187 Å². The van der Waals surface area contributed by atoms with Gasteiger partial charge >= 0.3 is 0 Å². The average Bonchev–Trinajstić information content (AvgIpc) is 3.26. The standard InChI is InChI=1S/C24H24N2O5S/c1-17-8-9-18(2)21(12-17)26(32(28,29)20-6-4-3-5-7-20)15-24(27)25-14-19-10-11-22-23(13-19)31-16-30-22/h3-13H,14-16H2,1-2H3,(H,25,27). The largest absolute Gasteiger partial charge is 0.454 e. The van der Waals surface area contributed by atoms with Crippen molar-refractivity contribution in [3.05, 3.63) is 83.4 Å². The molecule has 0 aliphatic carbocycles. The predicted molar refractivity (Wildman–Crippen MR) is 121 cm³/mol. The molecule has 1 aliphatic rings. The Balaban J connectivity index is 1.57. The second-order valence-corrected chi connectivity index (χ2v) is 9.44. The van der Waals surface area contributed by atoms with E-state index in [-0.39, 0.29) is 24.8 Å². The SMILES string of the molecule is Cc1ccc(C)c(N(CC(=O)NCc2ccc3c(c2)OCO3)S(=O)(=O)c2ccccc2)c1. The van der Waals surface area contributed by atoms with Gasteiger partial charge in [0.25, 0.3) is 10.0 Å². The van der Waals surface area contributed by atoms with Crippen LogP contribution in [0.4, 0.5) is 5.69 Å². The molecule has 166 valence electrons. The number of sulfonamides is 1. The smallest absolute Gasteiger partial charge is 0.264 e. The maximum Gasteiger partial charge on any atom is 0.264 e. The van der Waals surface area contributed by atoms with Crippen molar-refractivity contribution in [1.82, 2.24) is 5.32 Å². The van der Waals surface area contributed by atoms with Gasteiger partial charge in [-0.25, -0.2) is 8.42 Å². The molecule has 7 nitrogen and oxygen atoms in total. The third-order valence-corrected chi connectivity index (χ3v) is 6.95. The minimum absolute atomic E-state index is 0.129. The molecule has 0 unspecified atom stereocenters. The van der Waals surface area contributed by atoms with Crippen molar-refractivity contribution in [2.45, 2.75) is 25.3 Å². The van der Waals surface area contributed by atoms with E-state index < -0.39 is 15.9 Å². The minimum atomic E-state index is -3.94. The van der Waals surface area contributed by atoms with Crippen LogP contribution in [0.1, 0.15) is 16.7 Å². The van der Waals surface area contributed by atoms with Crippen molar-refractivity contribution in [2.24, 2.45) is 0 Å². The topological polar surface area (TPSA) is 84.9 Å². The summed E-state index contributed by atoms with van der Waals surface area (Å²) in [6.07, 6.45) is 0. The van der Waals surface area contributed by atoms with E-state index in [1.54, 1.807) is 36.4 Å². The summed E-state index contributed by atoms with van der Waals surface area (Å²) < 4.78 is 38.7. The second-order valence-electron chi connectivity index (χ2n) is 7.58. The molecule has 1 aliphatic heterocycles. The Morgan fingerprint density at radius 3 is 2.50 bits per heavy atom. The van der Waals surface area contributed by atoms with Gasteiger partial charge in [-0.3, -0.25) is 9.10 Å². The van der Waals surface area contributed by atoms with Crippen molar-refractivity contribution >= 4 is 21.6 Å². The fourth-order valence-corrected chi connectivity index (χ4v) is 4.94. The number of hydrogen-bond donors (Lipinski definition) is 1. The van der Waals surface area contributed by atoms with Gasteiger partial charge in [0.15, 0.2) is 11.5 Å². The first-order valence-corrected chi connectivity index (χ1v) is 11.6. The molecule has 0 bridgehead atoms. The number of carbonyl (C=O) groups excluding carboxylic acids is 1. The van der Waals surface area contributed by atoms with Gasteiger partial charge in [0.05, 0.1) is 10.6 Å². The van der Waals surface area contributed by atoms with Gasteiger partial charge in [-0.1, -0.05) is 36.4 Å². The van der Waals surface area contributed by atoms with Gasteiger partial charge in [0, 0.05) is 6.54 Å². The molecule has 1 N–H and O–H groups in total. The van der Waals surface area contributed by atoms with Gasteiger partial charge in [-0.15, -0.1) is 0 Å². The minimum Gasteiger partial charge on any atom is -0.454 e. The normalized spacial score (nSPS) is 12.4. The molecule has 32 heavy (non-hydrogen) atoms. The maximum absolute atomic E-state index is 13.4. The third-order valence-electron chi connectivity index (χ3n) is 5.18. The number of aryl methyl sites for hydroxylation is 2. The summed E-state index contributed by atoms with van der Waals surface area (Å²) in [5.74, 6) is 0.874. The van der Waals surface area contributed by atoms with Crippen LogP contribution >= 0.6 is 0 Å².